The van der Waals surface area contributed by atoms with Crippen LogP contribution < -0.4 is 22.3 Å². The lowest BCUT2D eigenvalue weighted by molar-refractivity contribution is -0.119. The van der Waals surface area contributed by atoms with Crippen LogP contribution in [0.5, 0.6) is 0 Å². The average Bonchev–Trinajstić information content (AvgIpc) is 2.54. The van der Waals surface area contributed by atoms with Crippen molar-refractivity contribution in [1.29, 1.82) is 0 Å². The number of anilines is 1. The van der Waals surface area contributed by atoms with Crippen molar-refractivity contribution in [2.75, 3.05) is 5.73 Å². The van der Waals surface area contributed by atoms with E-state index in [-0.39, 0.29) is 11.8 Å². The topological polar surface area (TPSA) is 127 Å². The van der Waals surface area contributed by atoms with Crippen LogP contribution in [0, 0.1) is 0 Å². The fourth-order valence-electron chi connectivity index (χ4n) is 1.53. The minimum atomic E-state index is -0.488. The van der Waals surface area contributed by atoms with Gasteiger partial charge in [0, 0.05) is 18.2 Å². The highest BCUT2D eigenvalue weighted by molar-refractivity contribution is 5.97. The lowest BCUT2D eigenvalue weighted by Crippen LogP contribution is -2.40. The Morgan fingerprint density at radius 1 is 0.870 bits per heavy atom. The monoisotopic (exact) mass is 314 g/mol. The Bertz CT molecular complexity index is 687. The quantitative estimate of drug-likeness (QED) is 0.483. The maximum Gasteiger partial charge on any atom is 0.269 e. The van der Waals surface area contributed by atoms with E-state index in [0.717, 1.165) is 0 Å². The Morgan fingerprint density at radius 3 is 1.91 bits per heavy atom. The highest BCUT2D eigenvalue weighted by atomic mass is 16.2. The van der Waals surface area contributed by atoms with E-state index in [0.29, 0.717) is 16.8 Å². The number of nitrogens with two attached hydrogens (primary N) is 2. The van der Waals surface area contributed by atoms with Gasteiger partial charge in [-0.25, -0.2) is 0 Å². The number of benzene rings is 2. The number of amides is 3. The molecule has 0 fully saturated rings. The van der Waals surface area contributed by atoms with E-state index >= 15 is 0 Å². The second-order valence-electron chi connectivity index (χ2n) is 4.45. The Morgan fingerprint density at radius 2 is 1.43 bits per heavy atom. The van der Waals surface area contributed by atoms with Crippen LogP contribution in [0.25, 0.3) is 0 Å². The molecule has 0 aliphatic heterocycles. The molecule has 2 rings (SSSR count). The normalized spacial score (nSPS) is 9.09. The number of primary amides is 1. The summed E-state index contributed by atoms with van der Waals surface area (Å²) in [5.74, 6) is -1.11. The van der Waals surface area contributed by atoms with Gasteiger partial charge in [0.05, 0.1) is 5.56 Å². The Hall–Kier alpha value is -3.35. The van der Waals surface area contributed by atoms with Crippen molar-refractivity contribution in [3.05, 3.63) is 65.7 Å². The predicted molar refractivity (Wildman–Crippen MR) is 87.1 cm³/mol. The molecule has 120 valence electrons. The molecule has 0 bridgehead atoms. The van der Waals surface area contributed by atoms with Crippen molar-refractivity contribution in [3.8, 4) is 0 Å². The molecule has 0 saturated heterocycles. The molecule has 0 unspecified atom stereocenters. The van der Waals surface area contributed by atoms with Crippen LogP contribution in [0.2, 0.25) is 0 Å². The standard InChI is InChI=1S/C9H10N2O2.C7H8N2O/c1-7(12)10-11-9(13)8-5-3-2-4-6-8;8-6-4-2-1-3-5(6)7(9)10/h2-6H,1H3,(H,10,12)(H,11,13);1-4H,8H2,(H2,9,10). The molecule has 2 aromatic carbocycles. The van der Waals surface area contributed by atoms with Crippen molar-refractivity contribution in [1.82, 2.24) is 10.9 Å². The zero-order chi connectivity index (χ0) is 17.2. The fraction of sp³-hybridized carbons (Fsp3) is 0.0625. The highest BCUT2D eigenvalue weighted by Crippen LogP contribution is 2.08. The average molecular weight is 314 g/mol. The third-order valence-corrected chi connectivity index (χ3v) is 2.61. The fourth-order valence-corrected chi connectivity index (χ4v) is 1.53. The van der Waals surface area contributed by atoms with E-state index in [9.17, 15) is 14.4 Å². The molecular formula is C16H18N4O3. The van der Waals surface area contributed by atoms with Crippen LogP contribution in [-0.2, 0) is 4.79 Å². The SMILES string of the molecule is CC(=O)NNC(=O)c1ccccc1.NC(=O)c1ccccc1N. The van der Waals surface area contributed by atoms with E-state index < -0.39 is 5.91 Å². The van der Waals surface area contributed by atoms with Crippen molar-refractivity contribution < 1.29 is 14.4 Å². The summed E-state index contributed by atoms with van der Waals surface area (Å²) in [5, 5.41) is 0. The molecule has 0 heterocycles. The molecule has 3 amide bonds. The summed E-state index contributed by atoms with van der Waals surface area (Å²) in [7, 11) is 0. The van der Waals surface area contributed by atoms with Gasteiger partial charge in [0.15, 0.2) is 0 Å². The molecule has 7 nitrogen and oxygen atoms in total. The van der Waals surface area contributed by atoms with E-state index in [1.165, 1.54) is 6.92 Å². The molecule has 0 aliphatic carbocycles. The van der Waals surface area contributed by atoms with E-state index in [1.54, 1.807) is 48.5 Å². The van der Waals surface area contributed by atoms with Gasteiger partial charge in [0.2, 0.25) is 5.91 Å². The minimum absolute atomic E-state index is 0.302. The molecule has 2 aromatic rings. The number of carbonyl (C=O) groups excluding carboxylic acids is 3. The molecule has 0 aromatic heterocycles. The van der Waals surface area contributed by atoms with Crippen LogP contribution in [0.3, 0.4) is 0 Å². The van der Waals surface area contributed by atoms with Gasteiger partial charge < -0.3 is 11.5 Å². The lowest BCUT2D eigenvalue weighted by Gasteiger charge is -2.03. The molecule has 6 N–H and O–H groups in total. The molecule has 0 spiro atoms. The number of para-hydroxylation sites is 1. The van der Waals surface area contributed by atoms with Gasteiger partial charge in [-0.05, 0) is 24.3 Å². The van der Waals surface area contributed by atoms with Gasteiger partial charge in [-0.2, -0.15) is 0 Å². The molecule has 7 heteroatoms. The number of hydrogen-bond acceptors (Lipinski definition) is 4. The van der Waals surface area contributed by atoms with Crippen LogP contribution in [-0.4, -0.2) is 17.7 Å². The van der Waals surface area contributed by atoms with Crippen LogP contribution in [0.4, 0.5) is 5.69 Å². The number of hydrogen-bond donors (Lipinski definition) is 4. The molecule has 0 atom stereocenters. The molecular weight excluding hydrogens is 296 g/mol. The van der Waals surface area contributed by atoms with Crippen LogP contribution in [0.1, 0.15) is 27.6 Å². The summed E-state index contributed by atoms with van der Waals surface area (Å²) in [6.07, 6.45) is 0. The van der Waals surface area contributed by atoms with Gasteiger partial charge in [-0.15, -0.1) is 0 Å². The Labute approximate surface area is 133 Å². The first-order valence-corrected chi connectivity index (χ1v) is 6.68. The van der Waals surface area contributed by atoms with Gasteiger partial charge >= 0.3 is 0 Å². The summed E-state index contributed by atoms with van der Waals surface area (Å²) < 4.78 is 0. The maximum absolute atomic E-state index is 11.2. The maximum atomic E-state index is 11.2. The first kappa shape index (κ1) is 17.7. The predicted octanol–water partition coefficient (Wildman–Crippen LogP) is 0.835. The first-order chi connectivity index (χ1) is 10.9. The van der Waals surface area contributed by atoms with Crippen molar-refractivity contribution in [3.63, 3.8) is 0 Å². The summed E-state index contributed by atoms with van der Waals surface area (Å²) in [6.45, 7) is 1.32. The van der Waals surface area contributed by atoms with E-state index in [4.69, 9.17) is 11.5 Å². The molecule has 23 heavy (non-hydrogen) atoms. The molecule has 0 radical (unpaired) electrons. The second-order valence-corrected chi connectivity index (χ2v) is 4.45. The van der Waals surface area contributed by atoms with E-state index in [1.807, 2.05) is 6.07 Å². The first-order valence-electron chi connectivity index (χ1n) is 6.68. The number of nitrogens with one attached hydrogen (secondary N) is 2. The Kier molecular flexibility index (Phi) is 6.80. The smallest absolute Gasteiger partial charge is 0.269 e. The van der Waals surface area contributed by atoms with Gasteiger partial charge in [0.25, 0.3) is 11.8 Å². The molecule has 0 aliphatic rings. The zero-order valence-corrected chi connectivity index (χ0v) is 12.6. The van der Waals surface area contributed by atoms with Gasteiger partial charge in [0.1, 0.15) is 0 Å². The minimum Gasteiger partial charge on any atom is -0.398 e. The molecule has 0 saturated carbocycles. The summed E-state index contributed by atoms with van der Waals surface area (Å²) in [6, 6.07) is 15.4. The third-order valence-electron chi connectivity index (χ3n) is 2.61. The number of rotatable bonds is 2. The zero-order valence-electron chi connectivity index (χ0n) is 12.6. The number of carbonyl (C=O) groups is 3. The summed E-state index contributed by atoms with van der Waals surface area (Å²) in [4.78, 5) is 32.2. The van der Waals surface area contributed by atoms with Crippen LogP contribution >= 0.6 is 0 Å². The second kappa shape index (κ2) is 8.83. The van der Waals surface area contributed by atoms with Crippen molar-refractivity contribution >= 4 is 23.4 Å². The highest BCUT2D eigenvalue weighted by Gasteiger charge is 2.03. The summed E-state index contributed by atoms with van der Waals surface area (Å²) >= 11 is 0. The van der Waals surface area contributed by atoms with Crippen molar-refractivity contribution in [2.24, 2.45) is 5.73 Å². The third kappa shape index (κ3) is 6.30. The van der Waals surface area contributed by atoms with Gasteiger partial charge in [-0.1, -0.05) is 30.3 Å². The van der Waals surface area contributed by atoms with Crippen LogP contribution in [0.15, 0.2) is 54.6 Å². The Balaban J connectivity index is 0.000000238. The van der Waals surface area contributed by atoms with E-state index in [2.05, 4.69) is 10.9 Å². The summed E-state index contributed by atoms with van der Waals surface area (Å²) in [5.41, 5.74) is 16.2. The largest absolute Gasteiger partial charge is 0.398 e. The number of hydrazine groups is 1. The van der Waals surface area contributed by atoms with Gasteiger partial charge in [-0.3, -0.25) is 25.2 Å². The van der Waals surface area contributed by atoms with Crippen molar-refractivity contribution in [2.45, 2.75) is 6.92 Å². The number of nitrogen functional groups attached to an aromatic ring is 1. The lowest BCUT2D eigenvalue weighted by atomic mass is 10.2.